The van der Waals surface area contributed by atoms with Crippen LogP contribution in [0.2, 0.25) is 0 Å². The van der Waals surface area contributed by atoms with Crippen LogP contribution in [0.4, 0.5) is 4.39 Å². The predicted molar refractivity (Wildman–Crippen MR) is 78.8 cm³/mol. The maximum Gasteiger partial charge on any atom is 0.257 e. The minimum atomic E-state index is -0.332. The standard InChI is InChI=1S/C15H23FN2O3/c1-3-6-18-15(19)11-21-14-5-4-13(16)9-12(14)10-17-7-8-20-2/h4-5,9,17H,3,6-8,10-11H2,1-2H3,(H,18,19). The second kappa shape index (κ2) is 10.1. The molecule has 0 bridgehead atoms. The molecular formula is C15H23FN2O3. The van der Waals surface area contributed by atoms with Crippen molar-refractivity contribution >= 4 is 5.91 Å². The Labute approximate surface area is 124 Å². The van der Waals surface area contributed by atoms with Crippen LogP contribution in [-0.4, -0.2) is 39.3 Å². The molecule has 2 N–H and O–H groups in total. The highest BCUT2D eigenvalue weighted by atomic mass is 19.1. The number of nitrogens with one attached hydrogen (secondary N) is 2. The lowest BCUT2D eigenvalue weighted by Crippen LogP contribution is -2.29. The van der Waals surface area contributed by atoms with Gasteiger partial charge >= 0.3 is 0 Å². The zero-order valence-corrected chi connectivity index (χ0v) is 12.6. The number of methoxy groups -OCH3 is 1. The molecule has 0 saturated carbocycles. The molecule has 1 aromatic rings. The molecule has 118 valence electrons. The summed E-state index contributed by atoms with van der Waals surface area (Å²) in [5.74, 6) is -0.00578. The van der Waals surface area contributed by atoms with Crippen LogP contribution in [0.5, 0.6) is 5.75 Å². The van der Waals surface area contributed by atoms with E-state index in [1.807, 2.05) is 6.92 Å². The average Bonchev–Trinajstić information content (AvgIpc) is 2.48. The van der Waals surface area contributed by atoms with E-state index in [1.165, 1.54) is 18.2 Å². The molecule has 0 fully saturated rings. The van der Waals surface area contributed by atoms with E-state index in [4.69, 9.17) is 9.47 Å². The Hall–Kier alpha value is -1.66. The van der Waals surface area contributed by atoms with Gasteiger partial charge in [0, 0.05) is 32.3 Å². The van der Waals surface area contributed by atoms with Crippen LogP contribution in [0.3, 0.4) is 0 Å². The first-order valence-electron chi connectivity index (χ1n) is 7.05. The van der Waals surface area contributed by atoms with Crippen molar-refractivity contribution in [2.45, 2.75) is 19.9 Å². The molecule has 1 amide bonds. The van der Waals surface area contributed by atoms with Crippen LogP contribution < -0.4 is 15.4 Å². The van der Waals surface area contributed by atoms with Crippen molar-refractivity contribution < 1.29 is 18.7 Å². The number of benzene rings is 1. The molecule has 0 aliphatic carbocycles. The Morgan fingerprint density at radius 1 is 1.33 bits per heavy atom. The summed E-state index contributed by atoms with van der Waals surface area (Å²) in [5.41, 5.74) is 0.675. The summed E-state index contributed by atoms with van der Waals surface area (Å²) in [6, 6.07) is 4.26. The Bertz CT molecular complexity index is 441. The number of carbonyl (C=O) groups excluding carboxylic acids is 1. The van der Waals surface area contributed by atoms with Gasteiger partial charge in [0.25, 0.3) is 5.91 Å². The Balaban J connectivity index is 2.53. The molecule has 0 aliphatic rings. The lowest BCUT2D eigenvalue weighted by atomic mass is 10.2. The normalized spacial score (nSPS) is 10.4. The number of carbonyl (C=O) groups is 1. The molecule has 0 spiro atoms. The highest BCUT2D eigenvalue weighted by molar-refractivity contribution is 5.77. The van der Waals surface area contributed by atoms with Gasteiger partial charge in [-0.25, -0.2) is 4.39 Å². The zero-order chi connectivity index (χ0) is 15.5. The van der Waals surface area contributed by atoms with Crippen LogP contribution in [0.25, 0.3) is 0 Å². The van der Waals surface area contributed by atoms with E-state index in [0.29, 0.717) is 37.6 Å². The van der Waals surface area contributed by atoms with E-state index in [2.05, 4.69) is 10.6 Å². The first-order valence-corrected chi connectivity index (χ1v) is 7.05. The Kier molecular flexibility index (Phi) is 8.38. The molecule has 0 radical (unpaired) electrons. The summed E-state index contributed by atoms with van der Waals surface area (Å²) in [5, 5.41) is 5.84. The molecule has 1 rings (SSSR count). The van der Waals surface area contributed by atoms with E-state index in [9.17, 15) is 9.18 Å². The van der Waals surface area contributed by atoms with Crippen molar-refractivity contribution in [3.63, 3.8) is 0 Å². The fourth-order valence-corrected chi connectivity index (χ4v) is 1.68. The second-order valence-electron chi connectivity index (χ2n) is 4.56. The third kappa shape index (κ3) is 7.06. The van der Waals surface area contributed by atoms with E-state index in [0.717, 1.165) is 6.42 Å². The minimum absolute atomic E-state index is 0.0727. The van der Waals surface area contributed by atoms with Crippen molar-refractivity contribution in [2.75, 3.05) is 33.4 Å². The molecular weight excluding hydrogens is 275 g/mol. The zero-order valence-electron chi connectivity index (χ0n) is 12.6. The van der Waals surface area contributed by atoms with Gasteiger partial charge < -0.3 is 20.1 Å². The van der Waals surface area contributed by atoms with E-state index in [1.54, 1.807) is 7.11 Å². The Morgan fingerprint density at radius 3 is 2.86 bits per heavy atom. The summed E-state index contributed by atoms with van der Waals surface area (Å²) in [4.78, 5) is 11.5. The number of rotatable bonds is 10. The summed E-state index contributed by atoms with van der Waals surface area (Å²) < 4.78 is 23.7. The molecule has 0 atom stereocenters. The van der Waals surface area contributed by atoms with Gasteiger partial charge in [-0.1, -0.05) is 6.92 Å². The lowest BCUT2D eigenvalue weighted by molar-refractivity contribution is -0.123. The largest absolute Gasteiger partial charge is 0.483 e. The van der Waals surface area contributed by atoms with Crippen molar-refractivity contribution in [3.8, 4) is 5.75 Å². The summed E-state index contributed by atoms with van der Waals surface area (Å²) in [7, 11) is 1.62. The van der Waals surface area contributed by atoms with Crippen LogP contribution in [-0.2, 0) is 16.1 Å². The fourth-order valence-electron chi connectivity index (χ4n) is 1.68. The summed E-state index contributed by atoms with van der Waals surface area (Å²) in [6.45, 7) is 4.21. The number of hydrogen-bond acceptors (Lipinski definition) is 4. The Morgan fingerprint density at radius 2 is 2.14 bits per heavy atom. The van der Waals surface area contributed by atoms with Crippen LogP contribution >= 0.6 is 0 Å². The molecule has 0 aliphatic heterocycles. The maximum absolute atomic E-state index is 13.3. The lowest BCUT2D eigenvalue weighted by Gasteiger charge is -2.12. The van der Waals surface area contributed by atoms with Gasteiger partial charge in [-0.3, -0.25) is 4.79 Å². The second-order valence-corrected chi connectivity index (χ2v) is 4.56. The van der Waals surface area contributed by atoms with Crippen LogP contribution in [0.1, 0.15) is 18.9 Å². The van der Waals surface area contributed by atoms with Gasteiger partial charge in [-0.15, -0.1) is 0 Å². The van der Waals surface area contributed by atoms with Crippen LogP contribution in [0, 0.1) is 5.82 Å². The monoisotopic (exact) mass is 298 g/mol. The summed E-state index contributed by atoms with van der Waals surface area (Å²) in [6.07, 6.45) is 0.872. The molecule has 0 heterocycles. The number of ether oxygens (including phenoxy) is 2. The number of amides is 1. The fraction of sp³-hybridized carbons (Fsp3) is 0.533. The summed E-state index contributed by atoms with van der Waals surface area (Å²) >= 11 is 0. The highest BCUT2D eigenvalue weighted by Gasteiger charge is 2.08. The van der Waals surface area contributed by atoms with E-state index in [-0.39, 0.29) is 18.3 Å². The van der Waals surface area contributed by atoms with Gasteiger partial charge in [0.05, 0.1) is 6.61 Å². The molecule has 0 saturated heterocycles. The van der Waals surface area contributed by atoms with Crippen molar-refractivity contribution in [1.29, 1.82) is 0 Å². The molecule has 0 unspecified atom stereocenters. The molecule has 5 nitrogen and oxygen atoms in total. The van der Waals surface area contributed by atoms with E-state index >= 15 is 0 Å². The van der Waals surface area contributed by atoms with Crippen molar-refractivity contribution in [3.05, 3.63) is 29.6 Å². The first-order chi connectivity index (χ1) is 10.2. The molecule has 6 heteroatoms. The minimum Gasteiger partial charge on any atom is -0.483 e. The smallest absolute Gasteiger partial charge is 0.257 e. The quantitative estimate of drug-likeness (QED) is 0.642. The molecule has 21 heavy (non-hydrogen) atoms. The van der Waals surface area contributed by atoms with Gasteiger partial charge in [0.15, 0.2) is 6.61 Å². The van der Waals surface area contributed by atoms with Crippen LogP contribution in [0.15, 0.2) is 18.2 Å². The van der Waals surface area contributed by atoms with Gasteiger partial charge in [0.2, 0.25) is 0 Å². The molecule has 0 aromatic heterocycles. The van der Waals surface area contributed by atoms with Crippen molar-refractivity contribution in [2.24, 2.45) is 0 Å². The third-order valence-corrected chi connectivity index (χ3v) is 2.75. The SMILES string of the molecule is CCCNC(=O)COc1ccc(F)cc1CNCCOC. The number of halogens is 1. The predicted octanol–water partition coefficient (Wildman–Crippen LogP) is 1.47. The highest BCUT2D eigenvalue weighted by Crippen LogP contribution is 2.19. The molecule has 1 aromatic carbocycles. The van der Waals surface area contributed by atoms with Gasteiger partial charge in [0.1, 0.15) is 11.6 Å². The van der Waals surface area contributed by atoms with E-state index < -0.39 is 0 Å². The first kappa shape index (κ1) is 17.4. The average molecular weight is 298 g/mol. The maximum atomic E-state index is 13.3. The van der Waals surface area contributed by atoms with Gasteiger partial charge in [-0.2, -0.15) is 0 Å². The van der Waals surface area contributed by atoms with Gasteiger partial charge in [-0.05, 0) is 24.6 Å². The topological polar surface area (TPSA) is 59.6 Å². The van der Waals surface area contributed by atoms with Crippen molar-refractivity contribution in [1.82, 2.24) is 10.6 Å². The third-order valence-electron chi connectivity index (χ3n) is 2.75. The number of hydrogen-bond donors (Lipinski definition) is 2.